The van der Waals surface area contributed by atoms with Crippen LogP contribution in [0, 0.1) is 12.8 Å². The van der Waals surface area contributed by atoms with Crippen molar-refractivity contribution < 1.29 is 9.21 Å². The Morgan fingerprint density at radius 3 is 3.00 bits per heavy atom. The number of carbonyl (C=O) groups excluding carboxylic acids is 1. The monoisotopic (exact) mass is 380 g/mol. The number of aromatic amines is 1. The average molecular weight is 380 g/mol. The van der Waals surface area contributed by atoms with E-state index in [0.717, 1.165) is 50.2 Å². The maximum Gasteiger partial charge on any atom is 0.299 e. The van der Waals surface area contributed by atoms with Gasteiger partial charge in [-0.2, -0.15) is 10.1 Å². The van der Waals surface area contributed by atoms with Gasteiger partial charge in [0.25, 0.3) is 6.01 Å². The summed E-state index contributed by atoms with van der Waals surface area (Å²) in [6.07, 6.45) is 4.88. The Kier molecular flexibility index (Phi) is 4.26. The van der Waals surface area contributed by atoms with Gasteiger partial charge in [-0.1, -0.05) is 0 Å². The van der Waals surface area contributed by atoms with Gasteiger partial charge in [-0.3, -0.25) is 9.89 Å². The number of H-pyrrole nitrogens is 1. The van der Waals surface area contributed by atoms with Crippen molar-refractivity contribution in [3.05, 3.63) is 34.8 Å². The number of fused-ring (bicyclic) bond motifs is 2. The summed E-state index contributed by atoms with van der Waals surface area (Å²) in [6, 6.07) is 4.42. The minimum absolute atomic E-state index is 0.0213. The number of anilines is 1. The van der Waals surface area contributed by atoms with Gasteiger partial charge in [-0.25, -0.2) is 4.98 Å². The number of aryl methyl sites for hydroxylation is 2. The fourth-order valence-corrected chi connectivity index (χ4v) is 4.22. The van der Waals surface area contributed by atoms with Crippen molar-refractivity contribution >= 4 is 23.2 Å². The molecule has 5 rings (SSSR count). The number of carbonyl (C=O) groups is 1. The van der Waals surface area contributed by atoms with E-state index in [9.17, 15) is 4.79 Å². The molecule has 0 unspecified atom stereocenters. The average Bonchev–Trinajstić information content (AvgIpc) is 3.42. The normalized spacial score (nSPS) is 17.2. The van der Waals surface area contributed by atoms with E-state index in [1.807, 2.05) is 19.1 Å². The van der Waals surface area contributed by atoms with Gasteiger partial charge in [-0.15, -0.1) is 0 Å². The molecule has 1 amide bonds. The zero-order chi connectivity index (χ0) is 19.1. The van der Waals surface area contributed by atoms with Gasteiger partial charge in [0.05, 0.1) is 12.2 Å². The summed E-state index contributed by atoms with van der Waals surface area (Å²) in [4.78, 5) is 23.6. The van der Waals surface area contributed by atoms with Gasteiger partial charge in [0, 0.05) is 30.4 Å². The molecule has 3 aromatic rings. The van der Waals surface area contributed by atoms with Crippen LogP contribution in [-0.2, 0) is 24.2 Å². The first-order valence-corrected chi connectivity index (χ1v) is 9.99. The second-order valence-electron chi connectivity index (χ2n) is 7.73. The molecule has 0 spiro atoms. The fourth-order valence-electron chi connectivity index (χ4n) is 4.22. The minimum atomic E-state index is 0.0213. The molecule has 1 aliphatic heterocycles. The van der Waals surface area contributed by atoms with Gasteiger partial charge in [0.1, 0.15) is 0 Å². The molecule has 0 bridgehead atoms. The third-order valence-electron chi connectivity index (χ3n) is 5.84. The number of hydrogen-bond acceptors (Lipinski definition) is 6. The van der Waals surface area contributed by atoms with E-state index in [2.05, 4.69) is 30.4 Å². The molecule has 4 heterocycles. The molecule has 0 radical (unpaired) electrons. The van der Waals surface area contributed by atoms with Crippen molar-refractivity contribution in [2.24, 2.45) is 5.92 Å². The van der Waals surface area contributed by atoms with Gasteiger partial charge >= 0.3 is 0 Å². The lowest BCUT2D eigenvalue weighted by Gasteiger charge is -2.30. The molecule has 146 valence electrons. The molecule has 28 heavy (non-hydrogen) atoms. The number of aromatic nitrogens is 4. The summed E-state index contributed by atoms with van der Waals surface area (Å²) in [7, 11) is 0. The maximum atomic E-state index is 12.6. The highest BCUT2D eigenvalue weighted by molar-refractivity contribution is 5.79. The minimum Gasteiger partial charge on any atom is -0.422 e. The number of rotatable bonds is 4. The molecular formula is C20H24N6O2. The molecule has 1 aliphatic carbocycles. The molecule has 0 aromatic carbocycles. The van der Waals surface area contributed by atoms with E-state index in [1.165, 1.54) is 17.7 Å². The molecule has 1 fully saturated rings. The molecule has 3 aromatic heterocycles. The number of oxazole rings is 1. The smallest absolute Gasteiger partial charge is 0.299 e. The summed E-state index contributed by atoms with van der Waals surface area (Å²) < 4.78 is 5.84. The van der Waals surface area contributed by atoms with E-state index in [-0.39, 0.29) is 11.8 Å². The third-order valence-corrected chi connectivity index (χ3v) is 5.84. The largest absolute Gasteiger partial charge is 0.422 e. The number of nitrogens with one attached hydrogen (secondary N) is 2. The van der Waals surface area contributed by atoms with Crippen molar-refractivity contribution in [2.75, 3.05) is 18.0 Å². The predicted molar refractivity (Wildman–Crippen MR) is 104 cm³/mol. The summed E-state index contributed by atoms with van der Waals surface area (Å²) in [6.45, 7) is 3.96. The SMILES string of the molecule is Cc1ccc2oc(N3CCC(C(=O)NCc4n[nH]c5c4CCC5)CC3)nc2n1. The predicted octanol–water partition coefficient (Wildman–Crippen LogP) is 2.28. The van der Waals surface area contributed by atoms with Crippen molar-refractivity contribution in [3.63, 3.8) is 0 Å². The van der Waals surface area contributed by atoms with Crippen LogP contribution >= 0.6 is 0 Å². The van der Waals surface area contributed by atoms with E-state index in [4.69, 9.17) is 4.42 Å². The zero-order valence-corrected chi connectivity index (χ0v) is 16.0. The Balaban J connectivity index is 1.17. The Bertz CT molecular complexity index is 1020. The van der Waals surface area contributed by atoms with Crippen LogP contribution in [0.1, 0.15) is 41.9 Å². The maximum absolute atomic E-state index is 12.6. The van der Waals surface area contributed by atoms with E-state index < -0.39 is 0 Å². The first kappa shape index (κ1) is 17.2. The Hall–Kier alpha value is -2.90. The highest BCUT2D eigenvalue weighted by atomic mass is 16.4. The summed E-state index contributed by atoms with van der Waals surface area (Å²) in [5.41, 5.74) is 5.79. The van der Waals surface area contributed by atoms with Crippen molar-refractivity contribution in [2.45, 2.75) is 45.6 Å². The molecule has 8 nitrogen and oxygen atoms in total. The second kappa shape index (κ2) is 6.92. The number of pyridine rings is 1. The van der Waals surface area contributed by atoms with E-state index in [0.29, 0.717) is 23.8 Å². The highest BCUT2D eigenvalue weighted by Gasteiger charge is 2.28. The Labute approximate surface area is 162 Å². The van der Waals surface area contributed by atoms with Crippen LogP contribution < -0.4 is 10.2 Å². The number of amides is 1. The van der Waals surface area contributed by atoms with E-state index >= 15 is 0 Å². The van der Waals surface area contributed by atoms with Gasteiger partial charge in [0.15, 0.2) is 5.58 Å². The lowest BCUT2D eigenvalue weighted by molar-refractivity contribution is -0.125. The summed E-state index contributed by atoms with van der Waals surface area (Å²) in [5, 5.41) is 10.5. The van der Waals surface area contributed by atoms with Crippen molar-refractivity contribution in [1.82, 2.24) is 25.5 Å². The van der Waals surface area contributed by atoms with Gasteiger partial charge in [-0.05, 0) is 56.7 Å². The van der Waals surface area contributed by atoms with Gasteiger partial charge < -0.3 is 14.6 Å². The summed E-state index contributed by atoms with van der Waals surface area (Å²) >= 11 is 0. The number of nitrogens with zero attached hydrogens (tertiary/aromatic N) is 4. The summed E-state index contributed by atoms with van der Waals surface area (Å²) in [5.74, 6) is 0.136. The van der Waals surface area contributed by atoms with E-state index in [1.54, 1.807) is 0 Å². The molecule has 2 aliphatic rings. The topological polar surface area (TPSA) is 99.9 Å². The number of hydrogen-bond donors (Lipinski definition) is 2. The van der Waals surface area contributed by atoms with Crippen LogP contribution in [0.3, 0.4) is 0 Å². The Morgan fingerprint density at radius 1 is 1.29 bits per heavy atom. The molecule has 8 heteroatoms. The highest BCUT2D eigenvalue weighted by Crippen LogP contribution is 2.26. The quantitative estimate of drug-likeness (QED) is 0.720. The van der Waals surface area contributed by atoms with Crippen LogP contribution in [0.25, 0.3) is 11.2 Å². The zero-order valence-electron chi connectivity index (χ0n) is 16.0. The van der Waals surface area contributed by atoms with Crippen LogP contribution in [0.4, 0.5) is 6.01 Å². The van der Waals surface area contributed by atoms with Crippen LogP contribution in [0.15, 0.2) is 16.5 Å². The lowest BCUT2D eigenvalue weighted by atomic mass is 9.96. The first-order chi connectivity index (χ1) is 13.7. The van der Waals surface area contributed by atoms with Crippen molar-refractivity contribution in [1.29, 1.82) is 0 Å². The lowest BCUT2D eigenvalue weighted by Crippen LogP contribution is -2.40. The standard InChI is InChI=1S/C20H24N6O2/c1-12-5-6-17-18(22-12)23-20(28-17)26-9-7-13(8-10-26)19(27)21-11-16-14-3-2-4-15(14)24-25-16/h5-6,13H,2-4,7-11H2,1H3,(H,21,27)(H,24,25). The van der Waals surface area contributed by atoms with Crippen LogP contribution in [0.2, 0.25) is 0 Å². The molecule has 0 saturated carbocycles. The Morgan fingerprint density at radius 2 is 2.14 bits per heavy atom. The fraction of sp³-hybridized carbons (Fsp3) is 0.500. The molecular weight excluding hydrogens is 356 g/mol. The van der Waals surface area contributed by atoms with Crippen molar-refractivity contribution in [3.8, 4) is 0 Å². The van der Waals surface area contributed by atoms with Crippen LogP contribution in [0.5, 0.6) is 0 Å². The first-order valence-electron chi connectivity index (χ1n) is 9.99. The molecule has 0 atom stereocenters. The third kappa shape index (κ3) is 3.12. The van der Waals surface area contributed by atoms with Gasteiger partial charge in [0.2, 0.25) is 11.6 Å². The second-order valence-corrected chi connectivity index (χ2v) is 7.73. The van der Waals surface area contributed by atoms with Crippen LogP contribution in [-0.4, -0.2) is 39.2 Å². The number of piperidine rings is 1. The molecule has 2 N–H and O–H groups in total. The molecule has 1 saturated heterocycles.